The lowest BCUT2D eigenvalue weighted by atomic mass is 10.1. The minimum Gasteiger partial charge on any atom is -0.494 e. The number of ether oxygens (including phenoxy) is 2. The van der Waals surface area contributed by atoms with Crippen LogP contribution in [0.1, 0.15) is 42.6 Å². The molecule has 0 unspecified atom stereocenters. The summed E-state index contributed by atoms with van der Waals surface area (Å²) in [5, 5.41) is 0. The molecule has 2 aromatic rings. The molecule has 0 atom stereocenters. The van der Waals surface area contributed by atoms with Crippen LogP contribution in [-0.4, -0.2) is 36.9 Å². The molecular formula is C22H27NO4. The summed E-state index contributed by atoms with van der Waals surface area (Å²) < 4.78 is 10.8. The van der Waals surface area contributed by atoms with Gasteiger partial charge in [0.2, 0.25) is 5.91 Å². The van der Waals surface area contributed by atoms with Crippen molar-refractivity contribution in [3.05, 3.63) is 59.7 Å². The molecular weight excluding hydrogens is 342 g/mol. The summed E-state index contributed by atoms with van der Waals surface area (Å²) in [6.07, 6.45) is 0.389. The number of benzene rings is 2. The highest BCUT2D eigenvalue weighted by atomic mass is 16.5. The lowest BCUT2D eigenvalue weighted by Gasteiger charge is -2.17. The van der Waals surface area contributed by atoms with Crippen LogP contribution >= 0.6 is 0 Å². The fraction of sp³-hybridized carbons (Fsp3) is 0.364. The molecule has 0 bridgehead atoms. The molecule has 0 spiro atoms. The molecule has 27 heavy (non-hydrogen) atoms. The van der Waals surface area contributed by atoms with Crippen molar-refractivity contribution < 1.29 is 19.1 Å². The van der Waals surface area contributed by atoms with E-state index in [0.717, 1.165) is 17.1 Å². The Morgan fingerprint density at radius 3 is 1.85 bits per heavy atom. The summed E-state index contributed by atoms with van der Waals surface area (Å²) in [6.45, 7) is 5.56. The summed E-state index contributed by atoms with van der Waals surface area (Å²) in [6, 6.07) is 14.7. The molecule has 0 fully saturated rings. The van der Waals surface area contributed by atoms with Crippen molar-refractivity contribution in [3.63, 3.8) is 0 Å². The van der Waals surface area contributed by atoms with Gasteiger partial charge in [0, 0.05) is 32.0 Å². The van der Waals surface area contributed by atoms with Crippen LogP contribution in [-0.2, 0) is 11.3 Å². The van der Waals surface area contributed by atoms with E-state index in [1.807, 2.05) is 38.1 Å². The zero-order chi connectivity index (χ0) is 19.6. The van der Waals surface area contributed by atoms with Crippen molar-refractivity contribution in [2.24, 2.45) is 0 Å². The van der Waals surface area contributed by atoms with Crippen molar-refractivity contribution in [3.8, 4) is 11.5 Å². The molecule has 0 saturated carbocycles. The first-order chi connectivity index (χ1) is 13.0. The number of hydrogen-bond acceptors (Lipinski definition) is 4. The van der Waals surface area contributed by atoms with Gasteiger partial charge in [-0.05, 0) is 55.8 Å². The number of carbonyl (C=O) groups excluding carboxylic acids is 2. The Labute approximate surface area is 160 Å². The zero-order valence-corrected chi connectivity index (χ0v) is 16.2. The summed E-state index contributed by atoms with van der Waals surface area (Å²) in [4.78, 5) is 26.2. The number of amides is 1. The van der Waals surface area contributed by atoms with Crippen LogP contribution in [0.15, 0.2) is 48.5 Å². The maximum atomic E-state index is 12.3. The van der Waals surface area contributed by atoms with Crippen molar-refractivity contribution in [2.75, 3.05) is 20.3 Å². The van der Waals surface area contributed by atoms with Crippen molar-refractivity contribution >= 4 is 11.7 Å². The smallest absolute Gasteiger partial charge is 0.223 e. The van der Waals surface area contributed by atoms with Crippen LogP contribution in [0, 0.1) is 0 Å². The Morgan fingerprint density at radius 2 is 1.33 bits per heavy atom. The maximum absolute atomic E-state index is 12.3. The van der Waals surface area contributed by atoms with Crippen LogP contribution in [0.25, 0.3) is 0 Å². The normalized spacial score (nSPS) is 10.3. The Kier molecular flexibility index (Phi) is 7.86. The highest BCUT2D eigenvalue weighted by Crippen LogP contribution is 2.16. The molecule has 5 nitrogen and oxygen atoms in total. The Balaban J connectivity index is 1.82. The van der Waals surface area contributed by atoms with Crippen LogP contribution in [0.3, 0.4) is 0 Å². The molecule has 0 aliphatic rings. The van der Waals surface area contributed by atoms with E-state index in [0.29, 0.717) is 25.3 Å². The van der Waals surface area contributed by atoms with Gasteiger partial charge in [-0.15, -0.1) is 0 Å². The van der Waals surface area contributed by atoms with E-state index in [1.165, 1.54) is 0 Å². The van der Waals surface area contributed by atoms with Crippen molar-refractivity contribution in [1.82, 2.24) is 4.90 Å². The largest absolute Gasteiger partial charge is 0.494 e. The van der Waals surface area contributed by atoms with Crippen molar-refractivity contribution in [1.29, 1.82) is 0 Å². The van der Waals surface area contributed by atoms with Crippen molar-refractivity contribution in [2.45, 2.75) is 33.2 Å². The van der Waals surface area contributed by atoms with E-state index >= 15 is 0 Å². The molecule has 0 aliphatic carbocycles. The van der Waals surface area contributed by atoms with Crippen LogP contribution in [0.4, 0.5) is 0 Å². The SMILES string of the molecule is CCOc1ccc(CN(C)C(=O)CCC(=O)c2ccc(OCC)cc2)cc1. The number of ketones is 1. The van der Waals surface area contributed by atoms with Gasteiger partial charge in [0.15, 0.2) is 5.78 Å². The predicted molar refractivity (Wildman–Crippen MR) is 105 cm³/mol. The summed E-state index contributed by atoms with van der Waals surface area (Å²) in [5.74, 6) is 1.46. The zero-order valence-electron chi connectivity index (χ0n) is 16.2. The molecule has 0 aromatic heterocycles. The summed E-state index contributed by atoms with van der Waals surface area (Å²) in [7, 11) is 1.75. The lowest BCUT2D eigenvalue weighted by Crippen LogP contribution is -2.26. The van der Waals surface area contributed by atoms with Crippen LogP contribution < -0.4 is 9.47 Å². The number of Topliss-reactive ketones (excluding diaryl/α,β-unsaturated/α-hetero) is 1. The minimum atomic E-state index is -0.0526. The van der Waals surface area contributed by atoms with Gasteiger partial charge in [-0.25, -0.2) is 0 Å². The average Bonchev–Trinajstić information content (AvgIpc) is 2.68. The third kappa shape index (κ3) is 6.44. The molecule has 0 heterocycles. The van der Waals surface area contributed by atoms with E-state index in [1.54, 1.807) is 36.2 Å². The first-order valence-corrected chi connectivity index (χ1v) is 9.25. The van der Waals surface area contributed by atoms with Gasteiger partial charge in [0.25, 0.3) is 0 Å². The van der Waals surface area contributed by atoms with Gasteiger partial charge >= 0.3 is 0 Å². The lowest BCUT2D eigenvalue weighted by molar-refractivity contribution is -0.130. The number of nitrogens with zero attached hydrogens (tertiary/aromatic N) is 1. The Morgan fingerprint density at radius 1 is 0.815 bits per heavy atom. The minimum absolute atomic E-state index is 0.0409. The summed E-state index contributed by atoms with van der Waals surface area (Å²) >= 11 is 0. The van der Waals surface area contributed by atoms with E-state index in [4.69, 9.17) is 9.47 Å². The number of hydrogen-bond donors (Lipinski definition) is 0. The highest BCUT2D eigenvalue weighted by Gasteiger charge is 2.13. The van der Waals surface area contributed by atoms with Gasteiger partial charge in [-0.2, -0.15) is 0 Å². The quantitative estimate of drug-likeness (QED) is 0.592. The molecule has 2 rings (SSSR count). The third-order valence-corrected chi connectivity index (χ3v) is 4.13. The highest BCUT2D eigenvalue weighted by molar-refractivity contribution is 5.98. The number of rotatable bonds is 10. The maximum Gasteiger partial charge on any atom is 0.223 e. The Bertz CT molecular complexity index is 738. The molecule has 0 N–H and O–H groups in total. The van der Waals surface area contributed by atoms with Gasteiger partial charge in [0.1, 0.15) is 11.5 Å². The average molecular weight is 369 g/mol. The van der Waals surface area contributed by atoms with E-state index in [-0.39, 0.29) is 24.5 Å². The fourth-order valence-corrected chi connectivity index (χ4v) is 2.68. The predicted octanol–water partition coefficient (Wildman–Crippen LogP) is 4.11. The molecule has 1 amide bonds. The van der Waals surface area contributed by atoms with Gasteiger partial charge in [-0.1, -0.05) is 12.1 Å². The monoisotopic (exact) mass is 369 g/mol. The van der Waals surface area contributed by atoms with Gasteiger partial charge in [0.05, 0.1) is 13.2 Å². The first-order valence-electron chi connectivity index (χ1n) is 9.25. The molecule has 2 aromatic carbocycles. The van der Waals surface area contributed by atoms with E-state index < -0.39 is 0 Å². The number of carbonyl (C=O) groups is 2. The molecule has 5 heteroatoms. The second-order valence-corrected chi connectivity index (χ2v) is 6.21. The molecule has 0 radical (unpaired) electrons. The molecule has 144 valence electrons. The standard InChI is InChI=1S/C22H27NO4/c1-4-26-19-10-6-17(7-11-19)16-23(3)22(25)15-14-21(24)18-8-12-20(13-9-18)27-5-2/h6-13H,4-5,14-16H2,1-3H3. The second kappa shape index (κ2) is 10.4. The fourth-order valence-electron chi connectivity index (χ4n) is 2.68. The second-order valence-electron chi connectivity index (χ2n) is 6.21. The van der Waals surface area contributed by atoms with Gasteiger partial charge in [-0.3, -0.25) is 9.59 Å². The summed E-state index contributed by atoms with van der Waals surface area (Å²) in [5.41, 5.74) is 1.62. The Hall–Kier alpha value is -2.82. The van der Waals surface area contributed by atoms with E-state index in [9.17, 15) is 9.59 Å². The van der Waals surface area contributed by atoms with Crippen LogP contribution in [0.5, 0.6) is 11.5 Å². The van der Waals surface area contributed by atoms with Gasteiger partial charge < -0.3 is 14.4 Å². The topological polar surface area (TPSA) is 55.8 Å². The molecule has 0 aliphatic heterocycles. The first kappa shape index (κ1) is 20.5. The third-order valence-electron chi connectivity index (χ3n) is 4.13. The van der Waals surface area contributed by atoms with E-state index in [2.05, 4.69) is 0 Å². The molecule has 0 saturated heterocycles. The van der Waals surface area contributed by atoms with Crippen LogP contribution in [0.2, 0.25) is 0 Å².